The van der Waals surface area contributed by atoms with E-state index in [9.17, 15) is 14.9 Å². The third kappa shape index (κ3) is 4.85. The third-order valence-electron chi connectivity index (χ3n) is 2.53. The second-order valence-corrected chi connectivity index (χ2v) is 4.23. The van der Waals surface area contributed by atoms with E-state index < -0.39 is 4.92 Å². The molecule has 1 amide bonds. The lowest BCUT2D eigenvalue weighted by Crippen LogP contribution is -2.29. The summed E-state index contributed by atoms with van der Waals surface area (Å²) in [6.45, 7) is 2.83. The van der Waals surface area contributed by atoms with Gasteiger partial charge in [0.15, 0.2) is 12.4 Å². The van der Waals surface area contributed by atoms with E-state index in [4.69, 9.17) is 4.74 Å². The highest BCUT2D eigenvalue weighted by atomic mass is 16.6. The first-order chi connectivity index (χ1) is 9.58. The summed E-state index contributed by atoms with van der Waals surface area (Å²) in [6, 6.07) is 4.60. The van der Waals surface area contributed by atoms with Crippen LogP contribution in [0.1, 0.15) is 18.9 Å². The van der Waals surface area contributed by atoms with Crippen molar-refractivity contribution in [2.24, 2.45) is 0 Å². The summed E-state index contributed by atoms with van der Waals surface area (Å²) in [5.41, 5.74) is 0.704. The smallest absolute Gasteiger partial charge is 0.310 e. The molecule has 0 fully saturated rings. The van der Waals surface area contributed by atoms with Crippen molar-refractivity contribution in [3.05, 3.63) is 33.9 Å². The lowest BCUT2D eigenvalue weighted by molar-refractivity contribution is -0.385. The van der Waals surface area contributed by atoms with Gasteiger partial charge in [-0.25, -0.2) is 0 Å². The first-order valence-corrected chi connectivity index (χ1v) is 6.40. The summed E-state index contributed by atoms with van der Waals surface area (Å²) >= 11 is 0. The summed E-state index contributed by atoms with van der Waals surface area (Å²) in [5, 5.41) is 16.5. The van der Waals surface area contributed by atoms with Crippen LogP contribution in [-0.4, -0.2) is 31.0 Å². The topological polar surface area (TPSA) is 93.5 Å². The highest BCUT2D eigenvalue weighted by Crippen LogP contribution is 2.27. The summed E-state index contributed by atoms with van der Waals surface area (Å²) in [5.74, 6) is -0.186. The van der Waals surface area contributed by atoms with Crippen molar-refractivity contribution in [2.75, 3.05) is 20.2 Å². The molecule has 0 saturated heterocycles. The predicted molar refractivity (Wildman–Crippen MR) is 74.7 cm³/mol. The lowest BCUT2D eigenvalue weighted by atomic mass is 10.2. The molecule has 0 radical (unpaired) electrons. The number of nitrogens with zero attached hydrogens (tertiary/aromatic N) is 1. The van der Waals surface area contributed by atoms with E-state index in [2.05, 4.69) is 10.6 Å². The first-order valence-electron chi connectivity index (χ1n) is 6.40. The Kier molecular flexibility index (Phi) is 6.45. The Labute approximate surface area is 117 Å². The zero-order chi connectivity index (χ0) is 15.0. The molecule has 0 saturated carbocycles. The molecule has 0 heterocycles. The molecule has 7 nitrogen and oxygen atoms in total. The van der Waals surface area contributed by atoms with E-state index in [1.807, 2.05) is 6.92 Å². The minimum atomic E-state index is -0.525. The van der Waals surface area contributed by atoms with Crippen LogP contribution in [0.15, 0.2) is 18.2 Å². The number of nitrogens with one attached hydrogen (secondary N) is 2. The van der Waals surface area contributed by atoms with Gasteiger partial charge >= 0.3 is 5.69 Å². The largest absolute Gasteiger partial charge is 0.477 e. The van der Waals surface area contributed by atoms with Crippen molar-refractivity contribution in [3.63, 3.8) is 0 Å². The summed E-state index contributed by atoms with van der Waals surface area (Å²) in [6.07, 6.45) is 0.823. The van der Waals surface area contributed by atoms with Gasteiger partial charge in [0.1, 0.15) is 0 Å². The zero-order valence-corrected chi connectivity index (χ0v) is 11.6. The SMILES string of the molecule is CCCNC(=O)COc1cc(CNC)ccc1[N+](=O)[O-]. The van der Waals surface area contributed by atoms with Gasteiger partial charge in [0.05, 0.1) is 4.92 Å². The quantitative estimate of drug-likeness (QED) is 0.552. The highest BCUT2D eigenvalue weighted by Gasteiger charge is 2.16. The van der Waals surface area contributed by atoms with Gasteiger partial charge in [-0.2, -0.15) is 0 Å². The molecule has 0 aliphatic rings. The average molecular weight is 281 g/mol. The van der Waals surface area contributed by atoms with Gasteiger partial charge in [0, 0.05) is 19.2 Å². The second-order valence-electron chi connectivity index (χ2n) is 4.23. The van der Waals surface area contributed by atoms with Gasteiger partial charge < -0.3 is 15.4 Å². The van der Waals surface area contributed by atoms with Gasteiger partial charge in [-0.05, 0) is 25.1 Å². The number of carbonyl (C=O) groups excluding carboxylic acids is 1. The van der Waals surface area contributed by atoms with E-state index >= 15 is 0 Å². The molecular formula is C13H19N3O4. The van der Waals surface area contributed by atoms with Crippen LogP contribution < -0.4 is 15.4 Å². The Morgan fingerprint density at radius 3 is 2.80 bits per heavy atom. The lowest BCUT2D eigenvalue weighted by Gasteiger charge is -2.09. The van der Waals surface area contributed by atoms with Crippen LogP contribution in [0.4, 0.5) is 5.69 Å². The molecule has 0 spiro atoms. The maximum Gasteiger partial charge on any atom is 0.310 e. The molecule has 0 unspecified atom stereocenters. The molecule has 7 heteroatoms. The van der Waals surface area contributed by atoms with Crippen molar-refractivity contribution in [1.82, 2.24) is 10.6 Å². The fourth-order valence-corrected chi connectivity index (χ4v) is 1.60. The van der Waals surface area contributed by atoms with Crippen LogP contribution >= 0.6 is 0 Å². The molecule has 1 aromatic carbocycles. The van der Waals surface area contributed by atoms with Crippen molar-refractivity contribution >= 4 is 11.6 Å². The van der Waals surface area contributed by atoms with Crippen LogP contribution in [-0.2, 0) is 11.3 Å². The van der Waals surface area contributed by atoms with E-state index in [-0.39, 0.29) is 24.0 Å². The zero-order valence-electron chi connectivity index (χ0n) is 11.6. The number of rotatable bonds is 8. The number of ether oxygens (including phenoxy) is 1. The summed E-state index contributed by atoms with van der Waals surface area (Å²) < 4.78 is 5.26. The van der Waals surface area contributed by atoms with Crippen LogP contribution in [0.2, 0.25) is 0 Å². The van der Waals surface area contributed by atoms with Gasteiger partial charge in [-0.3, -0.25) is 14.9 Å². The number of carbonyl (C=O) groups is 1. The molecule has 0 aliphatic carbocycles. The van der Waals surface area contributed by atoms with Gasteiger partial charge in [0.2, 0.25) is 0 Å². The van der Waals surface area contributed by atoms with E-state index in [0.29, 0.717) is 13.1 Å². The normalized spacial score (nSPS) is 10.1. The van der Waals surface area contributed by atoms with Gasteiger partial charge in [0.25, 0.3) is 5.91 Å². The first kappa shape index (κ1) is 15.9. The Balaban J connectivity index is 2.76. The molecule has 1 rings (SSSR count). The molecule has 1 aromatic rings. The van der Waals surface area contributed by atoms with Crippen molar-refractivity contribution in [3.8, 4) is 5.75 Å². The van der Waals surface area contributed by atoms with Crippen LogP contribution in [0.5, 0.6) is 5.75 Å². The third-order valence-corrected chi connectivity index (χ3v) is 2.53. The fraction of sp³-hybridized carbons (Fsp3) is 0.462. The summed E-state index contributed by atoms with van der Waals surface area (Å²) in [7, 11) is 1.78. The number of benzene rings is 1. The number of hydrogen-bond acceptors (Lipinski definition) is 5. The van der Waals surface area contributed by atoms with Crippen molar-refractivity contribution in [1.29, 1.82) is 0 Å². The Morgan fingerprint density at radius 2 is 2.20 bits per heavy atom. The van der Waals surface area contributed by atoms with E-state index in [1.165, 1.54) is 6.07 Å². The van der Waals surface area contributed by atoms with Gasteiger partial charge in [-0.15, -0.1) is 0 Å². The Morgan fingerprint density at radius 1 is 1.45 bits per heavy atom. The van der Waals surface area contributed by atoms with Crippen molar-refractivity contribution in [2.45, 2.75) is 19.9 Å². The summed E-state index contributed by atoms with van der Waals surface area (Å²) in [4.78, 5) is 21.8. The average Bonchev–Trinajstić information content (AvgIpc) is 2.43. The fourth-order valence-electron chi connectivity index (χ4n) is 1.60. The predicted octanol–water partition coefficient (Wildman–Crippen LogP) is 1.22. The minimum absolute atomic E-state index is 0.106. The molecule has 0 bridgehead atoms. The van der Waals surface area contributed by atoms with Crippen molar-refractivity contribution < 1.29 is 14.5 Å². The molecule has 0 aromatic heterocycles. The van der Waals surface area contributed by atoms with Crippen LogP contribution in [0.3, 0.4) is 0 Å². The number of nitro benzene ring substituents is 1. The van der Waals surface area contributed by atoms with Crippen LogP contribution in [0.25, 0.3) is 0 Å². The molecule has 0 atom stereocenters. The van der Waals surface area contributed by atoms with E-state index in [0.717, 1.165) is 12.0 Å². The van der Waals surface area contributed by atoms with E-state index in [1.54, 1.807) is 19.2 Å². The number of amides is 1. The van der Waals surface area contributed by atoms with Gasteiger partial charge in [-0.1, -0.05) is 13.0 Å². The number of hydrogen-bond donors (Lipinski definition) is 2. The maximum atomic E-state index is 11.4. The minimum Gasteiger partial charge on any atom is -0.477 e. The monoisotopic (exact) mass is 281 g/mol. The molecule has 110 valence electrons. The standard InChI is InChI=1S/C13H19N3O4/c1-3-6-15-13(17)9-20-12-7-10(8-14-2)4-5-11(12)16(18)19/h4-5,7,14H,3,6,8-9H2,1-2H3,(H,15,17). The Hall–Kier alpha value is -2.15. The Bertz CT molecular complexity index is 477. The number of nitro groups is 1. The van der Waals surface area contributed by atoms with Crippen LogP contribution in [0, 0.1) is 10.1 Å². The second kappa shape index (κ2) is 8.11. The molecule has 0 aliphatic heterocycles. The highest BCUT2D eigenvalue weighted by molar-refractivity contribution is 5.77. The molecule has 20 heavy (non-hydrogen) atoms. The molecular weight excluding hydrogens is 262 g/mol. The molecule has 2 N–H and O–H groups in total. The maximum absolute atomic E-state index is 11.4.